The van der Waals surface area contributed by atoms with Crippen LogP contribution in [0.2, 0.25) is 0 Å². The van der Waals surface area contributed by atoms with E-state index in [0.717, 1.165) is 0 Å². The molecule has 0 aliphatic carbocycles. The second-order valence-corrected chi connectivity index (χ2v) is 2.09. The Morgan fingerprint density at radius 2 is 2.25 bits per heavy atom. The molecule has 0 radical (unpaired) electrons. The van der Waals surface area contributed by atoms with Crippen molar-refractivity contribution in [2.24, 2.45) is 0 Å². The van der Waals surface area contributed by atoms with Gasteiger partial charge in [0.05, 0.1) is 0 Å². The second-order valence-electron chi connectivity index (χ2n) is 2.09. The van der Waals surface area contributed by atoms with E-state index in [1.54, 1.807) is 18.2 Å². The van der Waals surface area contributed by atoms with Gasteiger partial charge in [-0.05, 0) is 19.1 Å². The van der Waals surface area contributed by atoms with Crippen molar-refractivity contribution in [1.29, 1.82) is 0 Å². The molecule has 0 atom stereocenters. The number of ether oxygens (including phenoxy) is 1. The Morgan fingerprint density at radius 1 is 1.42 bits per heavy atom. The molecule has 0 aromatic carbocycles. The molecule has 0 aromatic rings. The van der Waals surface area contributed by atoms with Gasteiger partial charge in [-0.3, -0.25) is 0 Å². The molecule has 1 rings (SSSR count). The smallest absolute Gasteiger partial charge is 0.336 e. The first-order valence-corrected chi connectivity index (χ1v) is 3.55. The molecule has 0 saturated carbocycles. The summed E-state index contributed by atoms with van der Waals surface area (Å²) in [4.78, 5) is 10.5. The van der Waals surface area contributed by atoms with Gasteiger partial charge in [-0.15, -0.1) is 0 Å². The van der Waals surface area contributed by atoms with Gasteiger partial charge in [0, 0.05) is 12.2 Å². The lowest BCUT2D eigenvalue weighted by Crippen LogP contribution is -1.89. The van der Waals surface area contributed by atoms with Gasteiger partial charge in [0.2, 0.25) is 0 Å². The van der Waals surface area contributed by atoms with E-state index in [1.165, 1.54) is 6.08 Å². The lowest BCUT2D eigenvalue weighted by Gasteiger charge is -1.89. The van der Waals surface area contributed by atoms with Crippen LogP contribution in [0.4, 0.5) is 0 Å². The van der Waals surface area contributed by atoms with Crippen LogP contribution in [-0.2, 0) is 9.53 Å². The van der Waals surface area contributed by atoms with Gasteiger partial charge in [-0.2, -0.15) is 0 Å². The summed E-state index contributed by atoms with van der Waals surface area (Å²) >= 11 is 0. The lowest BCUT2D eigenvalue weighted by molar-refractivity contribution is -0.132. The van der Waals surface area contributed by atoms with Gasteiger partial charge in [0.15, 0.2) is 0 Å². The van der Waals surface area contributed by atoms with Crippen LogP contribution >= 0.6 is 0 Å². The molecule has 0 amide bonds. The first-order valence-electron chi connectivity index (χ1n) is 3.55. The third kappa shape index (κ3) is 2.47. The summed E-state index contributed by atoms with van der Waals surface area (Å²) in [5.74, 6) is 5.62. The molecule has 1 aliphatic rings. The van der Waals surface area contributed by atoms with Gasteiger partial charge >= 0.3 is 5.97 Å². The number of cyclic esters (lactones) is 1. The van der Waals surface area contributed by atoms with Crippen LogP contribution in [0, 0.1) is 11.8 Å². The number of carbonyl (C=O) groups is 1. The molecule has 2 nitrogen and oxygen atoms in total. The molecule has 1 heterocycles. The summed E-state index contributed by atoms with van der Waals surface area (Å²) < 4.78 is 4.73. The molecule has 0 spiro atoms. The minimum atomic E-state index is -0.339. The number of allylic oxidation sites excluding steroid dienone is 4. The highest BCUT2D eigenvalue weighted by Gasteiger charge is 2.07. The topological polar surface area (TPSA) is 26.3 Å². The number of esters is 1. The molecule has 0 bridgehead atoms. The Labute approximate surface area is 71.2 Å². The highest BCUT2D eigenvalue weighted by Crippen LogP contribution is 2.07. The third-order valence-electron chi connectivity index (χ3n) is 1.15. The fourth-order valence-corrected chi connectivity index (χ4v) is 0.656. The zero-order chi connectivity index (χ0) is 8.81. The Hall–Kier alpha value is -1.75. The predicted molar refractivity (Wildman–Crippen MR) is 45.9 cm³/mol. The first kappa shape index (κ1) is 8.35. The maximum absolute atomic E-state index is 10.5. The lowest BCUT2D eigenvalue weighted by atomic mass is 10.4. The zero-order valence-corrected chi connectivity index (χ0v) is 6.70. The second kappa shape index (κ2) is 4.20. The average molecular weight is 160 g/mol. The maximum atomic E-state index is 10.5. The Bertz CT molecular complexity index is 321. The van der Waals surface area contributed by atoms with Crippen molar-refractivity contribution >= 4 is 5.97 Å². The molecule has 1 aliphatic heterocycles. The Balaban J connectivity index is 2.56. The van der Waals surface area contributed by atoms with Crippen molar-refractivity contribution in [2.75, 3.05) is 0 Å². The normalized spacial score (nSPS) is 18.1. The number of rotatable bonds is 0. The van der Waals surface area contributed by atoms with Crippen molar-refractivity contribution in [3.8, 4) is 11.8 Å². The maximum Gasteiger partial charge on any atom is 0.336 e. The molecule has 0 saturated heterocycles. The molecule has 0 fully saturated rings. The van der Waals surface area contributed by atoms with E-state index >= 15 is 0 Å². The summed E-state index contributed by atoms with van der Waals surface area (Å²) in [5.41, 5.74) is 0. The van der Waals surface area contributed by atoms with E-state index in [2.05, 4.69) is 11.8 Å². The fraction of sp³-hybridized carbons (Fsp3) is 0.100. The summed E-state index contributed by atoms with van der Waals surface area (Å²) in [6, 6.07) is 0. The van der Waals surface area contributed by atoms with Gasteiger partial charge < -0.3 is 4.74 Å². The predicted octanol–water partition coefficient (Wildman–Crippen LogP) is 1.56. The molecular formula is C10H8O2. The SMILES string of the molecule is C/C=C\C#CC=C1C=CC(=O)O1. The van der Waals surface area contributed by atoms with Crippen molar-refractivity contribution < 1.29 is 9.53 Å². The highest BCUT2D eigenvalue weighted by atomic mass is 16.5. The van der Waals surface area contributed by atoms with Crippen LogP contribution in [0.25, 0.3) is 0 Å². The van der Waals surface area contributed by atoms with Crippen LogP contribution in [0.1, 0.15) is 6.92 Å². The number of hydrogen-bond donors (Lipinski definition) is 0. The Kier molecular flexibility index (Phi) is 2.92. The van der Waals surface area contributed by atoms with Crippen molar-refractivity contribution in [3.63, 3.8) is 0 Å². The van der Waals surface area contributed by atoms with Gasteiger partial charge in [-0.25, -0.2) is 4.79 Å². The summed E-state index contributed by atoms with van der Waals surface area (Å²) in [6.45, 7) is 1.89. The van der Waals surface area contributed by atoms with E-state index < -0.39 is 0 Å². The average Bonchev–Trinajstić information content (AvgIpc) is 2.45. The molecule has 0 N–H and O–H groups in total. The van der Waals surface area contributed by atoms with E-state index in [0.29, 0.717) is 5.76 Å². The summed E-state index contributed by atoms with van der Waals surface area (Å²) in [6.07, 6.45) is 8.07. The third-order valence-corrected chi connectivity index (χ3v) is 1.15. The number of carbonyl (C=O) groups excluding carboxylic acids is 1. The van der Waals surface area contributed by atoms with E-state index in [4.69, 9.17) is 4.74 Å². The minimum Gasteiger partial charge on any atom is -0.423 e. The number of hydrogen-bond acceptors (Lipinski definition) is 2. The molecule has 2 heteroatoms. The summed E-state index contributed by atoms with van der Waals surface area (Å²) in [5, 5.41) is 0. The summed E-state index contributed by atoms with van der Waals surface area (Å²) in [7, 11) is 0. The van der Waals surface area contributed by atoms with E-state index in [9.17, 15) is 4.79 Å². The molecule has 60 valence electrons. The van der Waals surface area contributed by atoms with Crippen LogP contribution in [0.15, 0.2) is 36.1 Å². The van der Waals surface area contributed by atoms with Crippen LogP contribution in [0.3, 0.4) is 0 Å². The van der Waals surface area contributed by atoms with Gasteiger partial charge in [0.1, 0.15) is 5.76 Å². The van der Waals surface area contributed by atoms with Crippen molar-refractivity contribution in [3.05, 3.63) is 36.1 Å². The minimum absolute atomic E-state index is 0.339. The Morgan fingerprint density at radius 3 is 2.83 bits per heavy atom. The quantitative estimate of drug-likeness (QED) is 0.397. The van der Waals surface area contributed by atoms with Crippen LogP contribution in [-0.4, -0.2) is 5.97 Å². The van der Waals surface area contributed by atoms with E-state index in [-0.39, 0.29) is 5.97 Å². The molecular weight excluding hydrogens is 152 g/mol. The van der Waals surface area contributed by atoms with Crippen molar-refractivity contribution in [2.45, 2.75) is 6.92 Å². The first-order chi connectivity index (χ1) is 5.83. The van der Waals surface area contributed by atoms with Crippen LogP contribution in [0.5, 0.6) is 0 Å². The van der Waals surface area contributed by atoms with Gasteiger partial charge in [-0.1, -0.05) is 17.9 Å². The van der Waals surface area contributed by atoms with E-state index in [1.807, 2.05) is 13.0 Å². The fourth-order valence-electron chi connectivity index (χ4n) is 0.656. The van der Waals surface area contributed by atoms with Crippen LogP contribution < -0.4 is 0 Å². The van der Waals surface area contributed by atoms with Crippen molar-refractivity contribution in [1.82, 2.24) is 0 Å². The monoisotopic (exact) mass is 160 g/mol. The standard InChI is InChI=1S/C10H8O2/c1-2-3-4-5-6-9-7-8-10(11)12-9/h2-3,6-8H,1H3/b3-2-,9-6?. The largest absolute Gasteiger partial charge is 0.423 e. The molecule has 0 unspecified atom stereocenters. The highest BCUT2D eigenvalue weighted by molar-refractivity contribution is 5.86. The molecule has 12 heavy (non-hydrogen) atoms. The van der Waals surface area contributed by atoms with Gasteiger partial charge in [0.25, 0.3) is 0 Å². The molecule has 0 aromatic heterocycles. The zero-order valence-electron chi connectivity index (χ0n) is 6.70.